The minimum Gasteiger partial charge on any atom is -0.451 e. The van der Waals surface area contributed by atoms with Crippen LogP contribution >= 0.6 is 23.1 Å². The number of carbonyl (C=O) groups is 2. The molecule has 1 aromatic heterocycles. The molecule has 0 unspecified atom stereocenters. The Balaban J connectivity index is 1.64. The number of hydrogen-bond donors (Lipinski definition) is 0. The second-order valence-electron chi connectivity index (χ2n) is 6.74. The van der Waals surface area contributed by atoms with Crippen LogP contribution in [-0.4, -0.2) is 67.2 Å². The summed E-state index contributed by atoms with van der Waals surface area (Å²) in [6, 6.07) is 7.31. The number of benzene rings is 1. The summed E-state index contributed by atoms with van der Waals surface area (Å²) in [5.74, 6) is -0.290. The van der Waals surface area contributed by atoms with Gasteiger partial charge in [0.05, 0.1) is 0 Å². The fraction of sp³-hybridized carbons (Fsp3) is 0.400. The average Bonchev–Trinajstić information content (AvgIpc) is 3.27. The van der Waals surface area contributed by atoms with Crippen LogP contribution in [0.5, 0.6) is 0 Å². The summed E-state index contributed by atoms with van der Waals surface area (Å²) in [7, 11) is -3.80. The molecule has 2 heterocycles. The lowest BCUT2D eigenvalue weighted by molar-refractivity contribution is -0.134. The van der Waals surface area contributed by atoms with E-state index in [1.807, 2.05) is 0 Å². The molecule has 0 atom stereocenters. The van der Waals surface area contributed by atoms with Gasteiger partial charge in [-0.15, -0.1) is 11.3 Å². The van der Waals surface area contributed by atoms with Crippen molar-refractivity contribution in [2.75, 3.05) is 37.7 Å². The number of esters is 1. The van der Waals surface area contributed by atoms with E-state index in [0.29, 0.717) is 36.7 Å². The molecule has 0 aliphatic carbocycles. The van der Waals surface area contributed by atoms with Crippen molar-refractivity contribution in [3.8, 4) is 0 Å². The van der Waals surface area contributed by atoms with Crippen molar-refractivity contribution in [1.29, 1.82) is 0 Å². The van der Waals surface area contributed by atoms with E-state index in [1.54, 1.807) is 30.8 Å². The fourth-order valence-electron chi connectivity index (χ4n) is 3.09. The maximum Gasteiger partial charge on any atom is 0.350 e. The van der Waals surface area contributed by atoms with E-state index in [-0.39, 0.29) is 16.3 Å². The van der Waals surface area contributed by atoms with Crippen LogP contribution in [0, 0.1) is 5.82 Å². The van der Waals surface area contributed by atoms with Gasteiger partial charge >= 0.3 is 5.97 Å². The number of thioether (sulfide) groups is 1. The zero-order valence-electron chi connectivity index (χ0n) is 17.0. The number of amides is 1. The van der Waals surface area contributed by atoms with Gasteiger partial charge in [0.15, 0.2) is 6.61 Å². The van der Waals surface area contributed by atoms with Crippen LogP contribution in [0.1, 0.15) is 22.2 Å². The van der Waals surface area contributed by atoms with Crippen molar-refractivity contribution in [3.63, 3.8) is 0 Å². The predicted molar refractivity (Wildman–Crippen MR) is 118 cm³/mol. The number of thiophene rings is 1. The molecule has 1 saturated heterocycles. The molecule has 1 fully saturated rings. The SMILES string of the molecule is CCN(Cc1cccc(F)c1)C(=O)COC(=O)c1sccc1S(=O)(=O)N1CCSCC1. The first kappa shape index (κ1) is 23.7. The molecule has 0 spiro atoms. The van der Waals surface area contributed by atoms with E-state index < -0.39 is 34.3 Å². The summed E-state index contributed by atoms with van der Waals surface area (Å²) < 4.78 is 45.7. The third-order valence-electron chi connectivity index (χ3n) is 4.73. The smallest absolute Gasteiger partial charge is 0.350 e. The van der Waals surface area contributed by atoms with Gasteiger partial charge in [-0.2, -0.15) is 16.1 Å². The third-order valence-corrected chi connectivity index (χ3v) is 8.63. The minimum atomic E-state index is -3.80. The maximum atomic E-state index is 13.4. The van der Waals surface area contributed by atoms with Gasteiger partial charge in [0.1, 0.15) is 15.6 Å². The summed E-state index contributed by atoms with van der Waals surface area (Å²) in [6.07, 6.45) is 0. The highest BCUT2D eigenvalue weighted by Gasteiger charge is 2.32. The van der Waals surface area contributed by atoms with Gasteiger partial charge in [0.25, 0.3) is 5.91 Å². The van der Waals surface area contributed by atoms with E-state index in [4.69, 9.17) is 4.74 Å². The summed E-state index contributed by atoms with van der Waals surface area (Å²) >= 11 is 2.65. The molecule has 2 aromatic rings. The fourth-order valence-corrected chi connectivity index (χ4v) is 6.95. The van der Waals surface area contributed by atoms with Crippen LogP contribution in [0.15, 0.2) is 40.6 Å². The van der Waals surface area contributed by atoms with Crippen LogP contribution in [0.25, 0.3) is 0 Å². The van der Waals surface area contributed by atoms with Crippen LogP contribution in [0.2, 0.25) is 0 Å². The molecule has 168 valence electrons. The van der Waals surface area contributed by atoms with E-state index in [2.05, 4.69) is 0 Å². The molecular formula is C20H23FN2O5S3. The van der Waals surface area contributed by atoms with Crippen LogP contribution < -0.4 is 0 Å². The van der Waals surface area contributed by atoms with E-state index in [9.17, 15) is 22.4 Å². The number of nitrogens with zero attached hydrogens (tertiary/aromatic N) is 2. The highest BCUT2D eigenvalue weighted by molar-refractivity contribution is 7.99. The average molecular weight is 487 g/mol. The Labute approximate surface area is 189 Å². The normalized spacial score (nSPS) is 14.9. The van der Waals surface area contributed by atoms with Crippen molar-refractivity contribution in [3.05, 3.63) is 52.0 Å². The second kappa shape index (κ2) is 10.6. The van der Waals surface area contributed by atoms with Gasteiger partial charge in [-0.1, -0.05) is 12.1 Å². The van der Waals surface area contributed by atoms with Crippen LogP contribution in [-0.2, 0) is 26.1 Å². The number of likely N-dealkylation sites (N-methyl/N-ethyl adjacent to an activating group) is 1. The monoisotopic (exact) mass is 486 g/mol. The minimum absolute atomic E-state index is 0.0424. The predicted octanol–water partition coefficient (Wildman–Crippen LogP) is 2.83. The van der Waals surface area contributed by atoms with Gasteiger partial charge in [0, 0.05) is 37.7 Å². The Kier molecular flexibility index (Phi) is 8.09. The Morgan fingerprint density at radius 2 is 1.97 bits per heavy atom. The molecule has 0 bridgehead atoms. The highest BCUT2D eigenvalue weighted by atomic mass is 32.2. The molecule has 7 nitrogen and oxygen atoms in total. The number of sulfonamides is 1. The largest absolute Gasteiger partial charge is 0.451 e. The number of carbonyl (C=O) groups excluding carboxylic acids is 2. The molecule has 0 N–H and O–H groups in total. The standard InChI is InChI=1S/C20H23FN2O5S3/c1-2-22(13-15-4-3-5-16(21)12-15)18(24)14-28-20(25)19-17(6-9-30-19)31(26,27)23-7-10-29-11-8-23/h3-6,9,12H,2,7-8,10-11,13-14H2,1H3. The quantitative estimate of drug-likeness (QED) is 0.534. The molecule has 3 rings (SSSR count). The van der Waals surface area contributed by atoms with E-state index in [0.717, 1.165) is 11.3 Å². The Hall–Kier alpha value is -1.95. The summed E-state index contributed by atoms with van der Waals surface area (Å²) in [6.45, 7) is 2.54. The zero-order valence-corrected chi connectivity index (χ0v) is 19.4. The van der Waals surface area contributed by atoms with Crippen molar-refractivity contribution in [2.45, 2.75) is 18.4 Å². The molecule has 11 heteroatoms. The molecular weight excluding hydrogens is 463 g/mol. The van der Waals surface area contributed by atoms with E-state index >= 15 is 0 Å². The molecule has 1 amide bonds. The number of halogens is 1. The van der Waals surface area contributed by atoms with Crippen molar-refractivity contribution < 1.29 is 27.1 Å². The maximum absolute atomic E-state index is 13.4. The van der Waals surface area contributed by atoms with Gasteiger partial charge in [-0.25, -0.2) is 17.6 Å². The summed E-state index contributed by atoms with van der Waals surface area (Å²) in [5.41, 5.74) is 0.618. The zero-order chi connectivity index (χ0) is 22.4. The first-order valence-electron chi connectivity index (χ1n) is 9.67. The van der Waals surface area contributed by atoms with Gasteiger partial charge in [-0.3, -0.25) is 4.79 Å². The molecule has 0 radical (unpaired) electrons. The third kappa shape index (κ3) is 5.85. The van der Waals surface area contributed by atoms with Gasteiger partial charge in [-0.05, 0) is 36.1 Å². The second-order valence-corrected chi connectivity index (χ2v) is 10.8. The Bertz CT molecular complexity index is 1030. The highest BCUT2D eigenvalue weighted by Crippen LogP contribution is 2.27. The van der Waals surface area contributed by atoms with E-state index in [1.165, 1.54) is 32.8 Å². The number of ether oxygens (including phenoxy) is 1. The first-order chi connectivity index (χ1) is 14.8. The number of hydrogen-bond acceptors (Lipinski definition) is 7. The lowest BCUT2D eigenvalue weighted by Gasteiger charge is -2.25. The van der Waals surface area contributed by atoms with Gasteiger partial charge < -0.3 is 9.64 Å². The molecule has 1 aromatic carbocycles. The van der Waals surface area contributed by atoms with Gasteiger partial charge in [0.2, 0.25) is 10.0 Å². The lowest BCUT2D eigenvalue weighted by atomic mass is 10.2. The Morgan fingerprint density at radius 3 is 2.65 bits per heavy atom. The summed E-state index contributed by atoms with van der Waals surface area (Å²) in [5, 5.41) is 1.52. The Morgan fingerprint density at radius 1 is 1.23 bits per heavy atom. The molecule has 1 aliphatic rings. The molecule has 0 saturated carbocycles. The summed E-state index contributed by atoms with van der Waals surface area (Å²) in [4.78, 5) is 26.4. The van der Waals surface area contributed by atoms with Crippen molar-refractivity contribution >= 4 is 45.0 Å². The van der Waals surface area contributed by atoms with Crippen LogP contribution in [0.3, 0.4) is 0 Å². The van der Waals surface area contributed by atoms with Crippen molar-refractivity contribution in [2.24, 2.45) is 0 Å². The van der Waals surface area contributed by atoms with Crippen molar-refractivity contribution in [1.82, 2.24) is 9.21 Å². The molecule has 1 aliphatic heterocycles. The lowest BCUT2D eigenvalue weighted by Crippen LogP contribution is -2.38. The molecule has 31 heavy (non-hydrogen) atoms. The van der Waals surface area contributed by atoms with Crippen LogP contribution in [0.4, 0.5) is 4.39 Å². The first-order valence-corrected chi connectivity index (χ1v) is 13.1. The number of rotatable bonds is 8. The topological polar surface area (TPSA) is 84.0 Å².